The maximum atomic E-state index is 5.46. The Morgan fingerprint density at radius 3 is 3.00 bits per heavy atom. The van der Waals surface area contributed by atoms with Gasteiger partial charge in [0.2, 0.25) is 0 Å². The summed E-state index contributed by atoms with van der Waals surface area (Å²) in [6, 6.07) is 0. The van der Waals surface area contributed by atoms with Crippen molar-refractivity contribution in [3.05, 3.63) is 0 Å². The predicted octanol–water partition coefficient (Wildman–Crippen LogP) is 0.350. The number of hydrogen-bond donors (Lipinski definition) is 2. The zero-order chi connectivity index (χ0) is 8.81. The average molecular weight is 172 g/mol. The van der Waals surface area contributed by atoms with E-state index in [-0.39, 0.29) is 0 Å². The van der Waals surface area contributed by atoms with Crippen LogP contribution in [0.4, 0.5) is 0 Å². The molecular weight excluding hydrogens is 152 g/mol. The molecule has 3 heteroatoms. The third-order valence-electron chi connectivity index (χ3n) is 2.50. The van der Waals surface area contributed by atoms with E-state index in [1.165, 1.54) is 6.42 Å². The fraction of sp³-hybridized carbons (Fsp3) is 1.00. The molecule has 0 aliphatic carbocycles. The summed E-state index contributed by atoms with van der Waals surface area (Å²) in [5.41, 5.74) is 5.39. The summed E-state index contributed by atoms with van der Waals surface area (Å²) >= 11 is 0. The van der Waals surface area contributed by atoms with Crippen molar-refractivity contribution >= 4 is 0 Å². The highest BCUT2D eigenvalue weighted by Crippen LogP contribution is 2.18. The molecule has 1 aliphatic heterocycles. The van der Waals surface area contributed by atoms with E-state index in [2.05, 4.69) is 12.2 Å². The van der Waals surface area contributed by atoms with E-state index >= 15 is 0 Å². The van der Waals surface area contributed by atoms with Crippen LogP contribution in [-0.2, 0) is 4.74 Å². The molecule has 12 heavy (non-hydrogen) atoms. The molecule has 0 radical (unpaired) electrons. The number of hydrogen-bond acceptors (Lipinski definition) is 3. The van der Waals surface area contributed by atoms with Crippen LogP contribution >= 0.6 is 0 Å². The van der Waals surface area contributed by atoms with Crippen molar-refractivity contribution in [3.8, 4) is 0 Å². The minimum absolute atomic E-state index is 0.440. The molecule has 1 saturated heterocycles. The number of nitrogens with one attached hydrogen (secondary N) is 1. The molecule has 3 N–H and O–H groups in total. The van der Waals surface area contributed by atoms with Gasteiger partial charge in [-0.1, -0.05) is 0 Å². The van der Waals surface area contributed by atoms with E-state index in [1.807, 2.05) is 0 Å². The summed E-state index contributed by atoms with van der Waals surface area (Å²) in [5, 5.41) is 3.40. The summed E-state index contributed by atoms with van der Waals surface area (Å²) in [5.74, 6) is 0.711. The van der Waals surface area contributed by atoms with E-state index < -0.39 is 0 Å². The van der Waals surface area contributed by atoms with E-state index in [4.69, 9.17) is 10.5 Å². The number of rotatable bonds is 5. The third kappa shape index (κ3) is 3.09. The van der Waals surface area contributed by atoms with Gasteiger partial charge in [-0.2, -0.15) is 0 Å². The van der Waals surface area contributed by atoms with Crippen molar-refractivity contribution < 1.29 is 4.74 Å². The van der Waals surface area contributed by atoms with Gasteiger partial charge in [-0.15, -0.1) is 0 Å². The molecule has 0 saturated carbocycles. The second-order valence-corrected chi connectivity index (χ2v) is 3.47. The smallest absolute Gasteiger partial charge is 0.0588 e. The van der Waals surface area contributed by atoms with Crippen LogP contribution < -0.4 is 11.1 Å². The molecule has 72 valence electrons. The SMILES string of the molecule is CC1OCCC1CNCCCN. The highest BCUT2D eigenvalue weighted by Gasteiger charge is 2.23. The summed E-state index contributed by atoms with van der Waals surface area (Å²) in [4.78, 5) is 0. The molecule has 0 bridgehead atoms. The Labute approximate surface area is 74.7 Å². The summed E-state index contributed by atoms with van der Waals surface area (Å²) < 4.78 is 5.46. The molecule has 2 unspecified atom stereocenters. The Kier molecular flexibility index (Phi) is 4.58. The van der Waals surface area contributed by atoms with Gasteiger partial charge in [0.15, 0.2) is 0 Å². The molecule has 0 aromatic heterocycles. The first kappa shape index (κ1) is 9.96. The Morgan fingerprint density at radius 1 is 1.58 bits per heavy atom. The van der Waals surface area contributed by atoms with Gasteiger partial charge in [0.25, 0.3) is 0 Å². The van der Waals surface area contributed by atoms with E-state index in [0.717, 1.165) is 32.7 Å². The van der Waals surface area contributed by atoms with Gasteiger partial charge in [-0.05, 0) is 38.8 Å². The maximum Gasteiger partial charge on any atom is 0.0588 e. The van der Waals surface area contributed by atoms with Crippen molar-refractivity contribution in [1.82, 2.24) is 5.32 Å². The van der Waals surface area contributed by atoms with Crippen LogP contribution in [0.1, 0.15) is 19.8 Å². The molecular formula is C9H20N2O. The summed E-state index contributed by atoms with van der Waals surface area (Å²) in [6.45, 7) is 6.00. The molecule has 3 nitrogen and oxygen atoms in total. The van der Waals surface area contributed by atoms with E-state index in [0.29, 0.717) is 12.0 Å². The monoisotopic (exact) mass is 172 g/mol. The Hall–Kier alpha value is -0.120. The van der Waals surface area contributed by atoms with Gasteiger partial charge >= 0.3 is 0 Å². The standard InChI is InChI=1S/C9H20N2O/c1-8-9(3-6-12-8)7-11-5-2-4-10/h8-9,11H,2-7,10H2,1H3. The molecule has 0 aromatic rings. The van der Waals surface area contributed by atoms with Gasteiger partial charge in [-0.25, -0.2) is 0 Å². The van der Waals surface area contributed by atoms with E-state index in [9.17, 15) is 0 Å². The quantitative estimate of drug-likeness (QED) is 0.588. The minimum atomic E-state index is 0.440. The fourth-order valence-electron chi connectivity index (χ4n) is 1.56. The topological polar surface area (TPSA) is 47.3 Å². The van der Waals surface area contributed by atoms with Crippen LogP contribution in [0.3, 0.4) is 0 Å². The lowest BCUT2D eigenvalue weighted by Gasteiger charge is -2.14. The van der Waals surface area contributed by atoms with Gasteiger partial charge in [0, 0.05) is 13.2 Å². The van der Waals surface area contributed by atoms with Crippen molar-refractivity contribution in [2.24, 2.45) is 11.7 Å². The van der Waals surface area contributed by atoms with Gasteiger partial charge in [0.1, 0.15) is 0 Å². The third-order valence-corrected chi connectivity index (χ3v) is 2.50. The highest BCUT2D eigenvalue weighted by atomic mass is 16.5. The fourth-order valence-corrected chi connectivity index (χ4v) is 1.56. The van der Waals surface area contributed by atoms with Crippen molar-refractivity contribution in [2.45, 2.75) is 25.9 Å². The highest BCUT2D eigenvalue weighted by molar-refractivity contribution is 4.74. The second kappa shape index (κ2) is 5.51. The zero-order valence-corrected chi connectivity index (χ0v) is 7.88. The van der Waals surface area contributed by atoms with Crippen molar-refractivity contribution in [3.63, 3.8) is 0 Å². The van der Waals surface area contributed by atoms with Crippen molar-refractivity contribution in [1.29, 1.82) is 0 Å². The molecule has 1 fully saturated rings. The van der Waals surface area contributed by atoms with E-state index in [1.54, 1.807) is 0 Å². The lowest BCUT2D eigenvalue weighted by atomic mass is 10.0. The lowest BCUT2D eigenvalue weighted by Crippen LogP contribution is -2.28. The van der Waals surface area contributed by atoms with Crippen LogP contribution in [0.25, 0.3) is 0 Å². The van der Waals surface area contributed by atoms with Gasteiger partial charge < -0.3 is 15.8 Å². The normalized spacial score (nSPS) is 29.5. The molecule has 0 amide bonds. The molecule has 0 spiro atoms. The predicted molar refractivity (Wildman–Crippen MR) is 50.1 cm³/mol. The maximum absolute atomic E-state index is 5.46. The Balaban J connectivity index is 1.98. The minimum Gasteiger partial charge on any atom is -0.378 e. The van der Waals surface area contributed by atoms with Gasteiger partial charge in [-0.3, -0.25) is 0 Å². The zero-order valence-electron chi connectivity index (χ0n) is 7.88. The first-order valence-corrected chi connectivity index (χ1v) is 4.87. The lowest BCUT2D eigenvalue weighted by molar-refractivity contribution is 0.105. The molecule has 0 aromatic carbocycles. The molecule has 2 atom stereocenters. The van der Waals surface area contributed by atoms with Crippen LogP contribution in [-0.4, -0.2) is 32.3 Å². The first-order valence-electron chi connectivity index (χ1n) is 4.87. The van der Waals surface area contributed by atoms with Crippen LogP contribution in [0.5, 0.6) is 0 Å². The Bertz CT molecular complexity index is 119. The van der Waals surface area contributed by atoms with Crippen molar-refractivity contribution in [2.75, 3.05) is 26.2 Å². The Morgan fingerprint density at radius 2 is 2.42 bits per heavy atom. The average Bonchev–Trinajstić information content (AvgIpc) is 2.46. The molecule has 1 aliphatic rings. The van der Waals surface area contributed by atoms with Gasteiger partial charge in [0.05, 0.1) is 6.10 Å². The first-order chi connectivity index (χ1) is 5.84. The summed E-state index contributed by atoms with van der Waals surface area (Å²) in [7, 11) is 0. The van der Waals surface area contributed by atoms with Crippen LogP contribution in [0.2, 0.25) is 0 Å². The number of ether oxygens (including phenoxy) is 1. The number of nitrogens with two attached hydrogens (primary N) is 1. The second-order valence-electron chi connectivity index (χ2n) is 3.47. The van der Waals surface area contributed by atoms with Crippen LogP contribution in [0, 0.1) is 5.92 Å². The molecule has 1 rings (SSSR count). The molecule has 1 heterocycles. The van der Waals surface area contributed by atoms with Crippen LogP contribution in [0.15, 0.2) is 0 Å². The largest absolute Gasteiger partial charge is 0.378 e. The summed E-state index contributed by atoms with van der Waals surface area (Å²) in [6.07, 6.45) is 2.72.